The van der Waals surface area contributed by atoms with E-state index < -0.39 is 0 Å². The predicted octanol–water partition coefficient (Wildman–Crippen LogP) is 3.96. The van der Waals surface area contributed by atoms with Crippen LogP contribution >= 0.6 is 15.9 Å². The van der Waals surface area contributed by atoms with Crippen LogP contribution < -0.4 is 0 Å². The Morgan fingerprint density at radius 1 is 1.25 bits per heavy atom. The van der Waals surface area contributed by atoms with Gasteiger partial charge in [0, 0.05) is 24.4 Å². The number of Topliss-reactive ketones (excluding diaryl/α,β-unsaturated/α-hetero) is 1. The Bertz CT molecular complexity index is 638. The minimum absolute atomic E-state index is 0.000435. The topological polar surface area (TPSA) is 34.9 Å². The molecule has 2 aromatic rings. The summed E-state index contributed by atoms with van der Waals surface area (Å²) in [6.07, 6.45) is 3.79. The maximum atomic E-state index is 12.0. The maximum absolute atomic E-state index is 12.0. The van der Waals surface area contributed by atoms with Crippen LogP contribution in [0.2, 0.25) is 0 Å². The van der Waals surface area contributed by atoms with Crippen molar-refractivity contribution in [3.63, 3.8) is 0 Å². The Balaban J connectivity index is 2.59. The molecular weight excluding hydrogens is 316 g/mol. The Hall–Kier alpha value is -1.42. The fourth-order valence-corrected chi connectivity index (χ4v) is 2.36. The van der Waals surface area contributed by atoms with Crippen LogP contribution in [0.15, 0.2) is 30.6 Å². The average molecular weight is 335 g/mol. The molecule has 20 heavy (non-hydrogen) atoms. The van der Waals surface area contributed by atoms with Crippen molar-refractivity contribution >= 4 is 21.7 Å². The van der Waals surface area contributed by atoms with E-state index in [1.54, 1.807) is 4.68 Å². The highest BCUT2D eigenvalue weighted by Gasteiger charge is 2.18. The van der Waals surface area contributed by atoms with Crippen LogP contribution in [0.5, 0.6) is 0 Å². The summed E-state index contributed by atoms with van der Waals surface area (Å²) in [5.41, 5.74) is 3.97. The lowest BCUT2D eigenvalue weighted by Gasteiger charge is -2.21. The number of aromatic nitrogens is 2. The minimum Gasteiger partial charge on any atom is -0.293 e. The lowest BCUT2D eigenvalue weighted by atomic mass is 9.84. The Labute approximate surface area is 128 Å². The largest absolute Gasteiger partial charge is 0.293 e. The highest BCUT2D eigenvalue weighted by atomic mass is 79.9. The molecule has 0 amide bonds. The van der Waals surface area contributed by atoms with Gasteiger partial charge >= 0.3 is 0 Å². The van der Waals surface area contributed by atoms with Crippen LogP contribution in [0.3, 0.4) is 0 Å². The zero-order valence-electron chi connectivity index (χ0n) is 12.3. The van der Waals surface area contributed by atoms with Gasteiger partial charge in [0.1, 0.15) is 0 Å². The third kappa shape index (κ3) is 3.18. The summed E-state index contributed by atoms with van der Waals surface area (Å²) in [6, 6.07) is 6.07. The molecule has 0 saturated carbocycles. The Kier molecular flexibility index (Phi) is 4.14. The fraction of sp³-hybridized carbons (Fsp3) is 0.375. The zero-order chi connectivity index (χ0) is 14.9. The maximum Gasteiger partial charge on any atom is 0.173 e. The third-order valence-corrected chi connectivity index (χ3v) is 3.79. The molecule has 0 radical (unpaired) electrons. The van der Waals surface area contributed by atoms with E-state index in [9.17, 15) is 4.79 Å². The molecule has 0 N–H and O–H groups in total. The van der Waals surface area contributed by atoms with E-state index in [1.165, 1.54) is 0 Å². The quantitative estimate of drug-likeness (QED) is 0.629. The van der Waals surface area contributed by atoms with Gasteiger partial charge in [-0.05, 0) is 28.7 Å². The molecule has 1 heterocycles. The normalized spacial score (nSPS) is 11.7. The zero-order valence-corrected chi connectivity index (χ0v) is 13.9. The van der Waals surface area contributed by atoms with Crippen LogP contribution in [0.4, 0.5) is 0 Å². The number of nitrogens with zero attached hydrogens (tertiary/aromatic N) is 2. The molecule has 0 bridgehead atoms. The van der Waals surface area contributed by atoms with Crippen LogP contribution in [0.1, 0.15) is 36.7 Å². The van der Waals surface area contributed by atoms with Gasteiger partial charge in [-0.2, -0.15) is 5.10 Å². The van der Waals surface area contributed by atoms with Crippen molar-refractivity contribution in [1.29, 1.82) is 0 Å². The van der Waals surface area contributed by atoms with Crippen LogP contribution in [0, 0.1) is 0 Å². The summed E-state index contributed by atoms with van der Waals surface area (Å²) in [6.45, 7) is 6.45. The number of alkyl halides is 1. The van der Waals surface area contributed by atoms with Crippen molar-refractivity contribution in [2.45, 2.75) is 26.2 Å². The number of benzene rings is 1. The predicted molar refractivity (Wildman–Crippen MR) is 85.5 cm³/mol. The third-order valence-electron chi connectivity index (χ3n) is 3.28. The molecule has 0 aliphatic carbocycles. The second-order valence-electron chi connectivity index (χ2n) is 6.01. The summed E-state index contributed by atoms with van der Waals surface area (Å²) < 4.78 is 1.77. The Morgan fingerprint density at radius 3 is 2.45 bits per heavy atom. The second kappa shape index (κ2) is 5.52. The van der Waals surface area contributed by atoms with Gasteiger partial charge in [-0.3, -0.25) is 9.48 Å². The van der Waals surface area contributed by atoms with Gasteiger partial charge < -0.3 is 0 Å². The first kappa shape index (κ1) is 15.0. The lowest BCUT2D eigenvalue weighted by Crippen LogP contribution is -2.13. The number of carbonyl (C=O) groups is 1. The summed E-state index contributed by atoms with van der Waals surface area (Å²) in [7, 11) is 1.89. The number of hydrogen-bond donors (Lipinski definition) is 0. The molecule has 106 valence electrons. The first-order valence-corrected chi connectivity index (χ1v) is 7.67. The molecule has 0 unspecified atom stereocenters. The average Bonchev–Trinajstić information content (AvgIpc) is 2.83. The van der Waals surface area contributed by atoms with E-state index in [2.05, 4.69) is 47.9 Å². The first-order valence-electron chi connectivity index (χ1n) is 6.55. The molecule has 0 aliphatic heterocycles. The van der Waals surface area contributed by atoms with Crippen molar-refractivity contribution in [2.24, 2.45) is 7.05 Å². The van der Waals surface area contributed by atoms with Gasteiger partial charge in [0.2, 0.25) is 0 Å². The summed E-state index contributed by atoms with van der Waals surface area (Å²) >= 11 is 3.25. The van der Waals surface area contributed by atoms with Crippen molar-refractivity contribution in [3.8, 4) is 11.1 Å². The van der Waals surface area contributed by atoms with Gasteiger partial charge in [-0.1, -0.05) is 42.8 Å². The van der Waals surface area contributed by atoms with Gasteiger partial charge in [0.25, 0.3) is 0 Å². The molecule has 1 aromatic carbocycles. The van der Waals surface area contributed by atoms with Crippen LogP contribution in [-0.4, -0.2) is 20.9 Å². The fourth-order valence-electron chi connectivity index (χ4n) is 2.04. The van der Waals surface area contributed by atoms with E-state index in [0.717, 1.165) is 22.3 Å². The molecular formula is C16H19BrN2O. The molecule has 2 rings (SSSR count). The first-order chi connectivity index (χ1) is 9.31. The second-order valence-corrected chi connectivity index (χ2v) is 6.57. The summed E-state index contributed by atoms with van der Waals surface area (Å²) in [4.78, 5) is 12.0. The summed E-state index contributed by atoms with van der Waals surface area (Å²) in [5.74, 6) is 0.0984. The van der Waals surface area contributed by atoms with Gasteiger partial charge in [0.05, 0.1) is 11.5 Å². The van der Waals surface area contributed by atoms with E-state index in [1.807, 2.05) is 31.6 Å². The number of ketones is 1. The van der Waals surface area contributed by atoms with E-state index in [4.69, 9.17) is 0 Å². The van der Waals surface area contributed by atoms with Crippen molar-refractivity contribution in [3.05, 3.63) is 41.7 Å². The number of carbonyl (C=O) groups excluding carboxylic acids is 1. The number of rotatable bonds is 3. The van der Waals surface area contributed by atoms with Crippen LogP contribution in [-0.2, 0) is 12.5 Å². The molecule has 0 spiro atoms. The van der Waals surface area contributed by atoms with E-state index in [0.29, 0.717) is 5.33 Å². The highest BCUT2D eigenvalue weighted by Crippen LogP contribution is 2.29. The SMILES string of the molecule is Cn1cc(-c2cc(C(=O)CBr)cc(C(C)(C)C)c2)cn1. The highest BCUT2D eigenvalue weighted by molar-refractivity contribution is 9.09. The van der Waals surface area contributed by atoms with E-state index in [-0.39, 0.29) is 11.2 Å². The van der Waals surface area contributed by atoms with Gasteiger partial charge in [0.15, 0.2) is 5.78 Å². The standard InChI is InChI=1S/C16H19BrN2O/c1-16(2,3)14-6-11(13-9-18-19(4)10-13)5-12(7-14)15(20)8-17/h5-7,9-10H,8H2,1-4H3. The van der Waals surface area contributed by atoms with Crippen molar-refractivity contribution < 1.29 is 4.79 Å². The van der Waals surface area contributed by atoms with Gasteiger partial charge in [-0.25, -0.2) is 0 Å². The molecule has 0 atom stereocenters. The molecule has 0 saturated heterocycles. The molecule has 1 aromatic heterocycles. The molecule has 0 aliphatic rings. The number of hydrogen-bond acceptors (Lipinski definition) is 2. The minimum atomic E-state index is -0.000435. The smallest absolute Gasteiger partial charge is 0.173 e. The number of halogens is 1. The van der Waals surface area contributed by atoms with Gasteiger partial charge in [-0.15, -0.1) is 0 Å². The lowest BCUT2D eigenvalue weighted by molar-refractivity contribution is 0.102. The molecule has 0 fully saturated rings. The summed E-state index contributed by atoms with van der Waals surface area (Å²) in [5, 5.41) is 4.54. The van der Waals surface area contributed by atoms with Crippen molar-refractivity contribution in [2.75, 3.05) is 5.33 Å². The monoisotopic (exact) mass is 334 g/mol. The van der Waals surface area contributed by atoms with E-state index >= 15 is 0 Å². The van der Waals surface area contributed by atoms with Crippen molar-refractivity contribution in [1.82, 2.24) is 9.78 Å². The Morgan fingerprint density at radius 2 is 1.95 bits per heavy atom. The molecule has 3 nitrogen and oxygen atoms in total. The molecule has 4 heteroatoms. The van der Waals surface area contributed by atoms with Crippen LogP contribution in [0.25, 0.3) is 11.1 Å². The number of aryl methyl sites for hydroxylation is 1.